The highest BCUT2D eigenvalue weighted by atomic mass is 35.5. The highest BCUT2D eigenvalue weighted by molar-refractivity contribution is 6.30. The van der Waals surface area contributed by atoms with E-state index in [0.717, 1.165) is 37.3 Å². The van der Waals surface area contributed by atoms with E-state index in [1.54, 1.807) is 0 Å². The Hall–Kier alpha value is -1.10. The van der Waals surface area contributed by atoms with Crippen LogP contribution in [0.25, 0.3) is 5.65 Å². The Morgan fingerprint density at radius 2 is 2.05 bits per heavy atom. The zero-order valence-electron chi connectivity index (χ0n) is 12.2. The van der Waals surface area contributed by atoms with Crippen molar-refractivity contribution in [2.24, 2.45) is 5.41 Å². The van der Waals surface area contributed by atoms with Crippen LogP contribution in [0.1, 0.15) is 37.8 Å². The Morgan fingerprint density at radius 3 is 2.81 bits per heavy atom. The van der Waals surface area contributed by atoms with Crippen molar-refractivity contribution in [1.82, 2.24) is 14.7 Å². The summed E-state index contributed by atoms with van der Waals surface area (Å²) in [6, 6.07) is 3.77. The maximum atomic E-state index is 9.71. The molecule has 114 valence electrons. The first-order chi connectivity index (χ1) is 10.2. The smallest absolute Gasteiger partial charge is 0.137 e. The molecule has 0 saturated heterocycles. The molecule has 2 aromatic heterocycles. The Kier molecular flexibility index (Phi) is 4.48. The van der Waals surface area contributed by atoms with Crippen molar-refractivity contribution in [3.63, 3.8) is 0 Å². The number of fused-ring (bicyclic) bond motifs is 1. The number of imidazole rings is 1. The van der Waals surface area contributed by atoms with Crippen LogP contribution >= 0.6 is 11.6 Å². The molecule has 3 rings (SSSR count). The summed E-state index contributed by atoms with van der Waals surface area (Å²) >= 11 is 5.98. The lowest BCUT2D eigenvalue weighted by molar-refractivity contribution is 0.0810. The zero-order chi connectivity index (χ0) is 14.7. The van der Waals surface area contributed by atoms with E-state index in [2.05, 4.69) is 10.3 Å². The molecule has 1 fully saturated rings. The molecule has 2 aromatic rings. The Labute approximate surface area is 130 Å². The number of aromatic nitrogens is 2. The topological polar surface area (TPSA) is 49.6 Å². The number of hydrogen-bond donors (Lipinski definition) is 2. The summed E-state index contributed by atoms with van der Waals surface area (Å²) in [5, 5.41) is 13.9. The van der Waals surface area contributed by atoms with E-state index < -0.39 is 0 Å². The minimum absolute atomic E-state index is 0.0702. The Morgan fingerprint density at radius 1 is 1.24 bits per heavy atom. The molecular weight excluding hydrogens is 286 g/mol. The molecule has 0 unspecified atom stereocenters. The molecular formula is C16H22ClN3O. The van der Waals surface area contributed by atoms with Gasteiger partial charge in [-0.05, 0) is 25.0 Å². The van der Waals surface area contributed by atoms with Crippen LogP contribution < -0.4 is 5.32 Å². The van der Waals surface area contributed by atoms with Crippen molar-refractivity contribution < 1.29 is 5.11 Å². The first-order valence-electron chi connectivity index (χ1n) is 7.66. The van der Waals surface area contributed by atoms with E-state index in [0.29, 0.717) is 5.02 Å². The lowest BCUT2D eigenvalue weighted by atomic mass is 9.74. The normalized spacial score (nSPS) is 18.2. The average Bonchev–Trinajstić information content (AvgIpc) is 2.90. The van der Waals surface area contributed by atoms with Crippen LogP contribution in [0, 0.1) is 5.41 Å². The summed E-state index contributed by atoms with van der Waals surface area (Å²) < 4.78 is 1.95. The number of aliphatic hydroxyl groups is 1. The number of aliphatic hydroxyl groups excluding tert-OH is 1. The number of hydrogen-bond acceptors (Lipinski definition) is 3. The summed E-state index contributed by atoms with van der Waals surface area (Å²) in [4.78, 5) is 4.56. The van der Waals surface area contributed by atoms with Crippen LogP contribution in [0.4, 0.5) is 0 Å². The maximum Gasteiger partial charge on any atom is 0.137 e. The summed E-state index contributed by atoms with van der Waals surface area (Å²) in [5.41, 5.74) is 1.98. The van der Waals surface area contributed by atoms with Gasteiger partial charge in [0.15, 0.2) is 0 Å². The molecule has 1 aliphatic rings. The third-order valence-electron chi connectivity index (χ3n) is 4.52. The van der Waals surface area contributed by atoms with Crippen LogP contribution in [0.5, 0.6) is 0 Å². The monoisotopic (exact) mass is 307 g/mol. The van der Waals surface area contributed by atoms with E-state index in [-0.39, 0.29) is 12.0 Å². The van der Waals surface area contributed by atoms with Crippen molar-refractivity contribution >= 4 is 17.2 Å². The fourth-order valence-corrected chi connectivity index (χ4v) is 3.42. The highest BCUT2D eigenvalue weighted by Crippen LogP contribution is 2.35. The van der Waals surface area contributed by atoms with Gasteiger partial charge in [0.25, 0.3) is 0 Å². The molecule has 1 aliphatic carbocycles. The number of nitrogens with one attached hydrogen (secondary N) is 1. The van der Waals surface area contributed by atoms with Gasteiger partial charge < -0.3 is 14.8 Å². The van der Waals surface area contributed by atoms with E-state index in [1.165, 1.54) is 19.3 Å². The molecule has 0 amide bonds. The largest absolute Gasteiger partial charge is 0.396 e. The van der Waals surface area contributed by atoms with Crippen LogP contribution in [0.3, 0.4) is 0 Å². The van der Waals surface area contributed by atoms with Gasteiger partial charge in [0.2, 0.25) is 0 Å². The summed E-state index contributed by atoms with van der Waals surface area (Å²) in [6.45, 7) is 1.86. The second-order valence-electron chi connectivity index (χ2n) is 6.17. The molecule has 0 aliphatic heterocycles. The lowest BCUT2D eigenvalue weighted by Gasteiger charge is -2.35. The van der Waals surface area contributed by atoms with E-state index in [1.807, 2.05) is 28.9 Å². The van der Waals surface area contributed by atoms with E-state index >= 15 is 0 Å². The standard InChI is InChI=1S/C16H22ClN3O/c17-13-4-5-15-19-14(10-20(15)9-13)8-18-11-16(12-21)6-2-1-3-7-16/h4-5,9-10,18,21H,1-3,6-8,11-12H2. The molecule has 0 aromatic carbocycles. The maximum absolute atomic E-state index is 9.71. The van der Waals surface area contributed by atoms with Crippen LogP contribution in [-0.4, -0.2) is 27.6 Å². The number of pyridine rings is 1. The molecule has 0 bridgehead atoms. The predicted octanol–water partition coefficient (Wildman–Crippen LogP) is 3.02. The molecule has 21 heavy (non-hydrogen) atoms. The van der Waals surface area contributed by atoms with Gasteiger partial charge in [0, 0.05) is 37.5 Å². The van der Waals surface area contributed by atoms with Crippen molar-refractivity contribution in [2.75, 3.05) is 13.2 Å². The van der Waals surface area contributed by atoms with Crippen LogP contribution in [0.2, 0.25) is 5.02 Å². The van der Waals surface area contributed by atoms with Gasteiger partial charge in [-0.15, -0.1) is 0 Å². The summed E-state index contributed by atoms with van der Waals surface area (Å²) in [5.74, 6) is 0. The SMILES string of the molecule is OCC1(CNCc2cn3cc(Cl)ccc3n2)CCCCC1. The third-order valence-corrected chi connectivity index (χ3v) is 4.74. The van der Waals surface area contributed by atoms with Gasteiger partial charge in [-0.2, -0.15) is 0 Å². The molecule has 4 nitrogen and oxygen atoms in total. The van der Waals surface area contributed by atoms with E-state index in [4.69, 9.17) is 11.6 Å². The number of nitrogens with zero attached hydrogens (tertiary/aromatic N) is 2. The minimum Gasteiger partial charge on any atom is -0.396 e. The second kappa shape index (κ2) is 6.34. The van der Waals surface area contributed by atoms with Crippen molar-refractivity contribution in [3.8, 4) is 0 Å². The lowest BCUT2D eigenvalue weighted by Crippen LogP contribution is -2.38. The second-order valence-corrected chi connectivity index (χ2v) is 6.60. The highest BCUT2D eigenvalue weighted by Gasteiger charge is 2.30. The number of rotatable bonds is 5. The molecule has 2 heterocycles. The van der Waals surface area contributed by atoms with Gasteiger partial charge in [0.05, 0.1) is 10.7 Å². The van der Waals surface area contributed by atoms with Crippen molar-refractivity contribution in [2.45, 2.75) is 38.6 Å². The molecule has 0 radical (unpaired) electrons. The fraction of sp³-hybridized carbons (Fsp3) is 0.562. The van der Waals surface area contributed by atoms with E-state index in [9.17, 15) is 5.11 Å². The van der Waals surface area contributed by atoms with Crippen molar-refractivity contribution in [1.29, 1.82) is 0 Å². The number of halogens is 1. The third kappa shape index (κ3) is 3.39. The Bertz CT molecular complexity index is 605. The minimum atomic E-state index is 0.0702. The van der Waals surface area contributed by atoms with Gasteiger partial charge in [-0.1, -0.05) is 30.9 Å². The molecule has 5 heteroatoms. The quantitative estimate of drug-likeness (QED) is 0.892. The fourth-order valence-electron chi connectivity index (χ4n) is 3.25. The van der Waals surface area contributed by atoms with Crippen LogP contribution in [0.15, 0.2) is 24.5 Å². The molecule has 1 saturated carbocycles. The van der Waals surface area contributed by atoms with Gasteiger partial charge in [0.1, 0.15) is 5.65 Å². The van der Waals surface area contributed by atoms with Crippen molar-refractivity contribution in [3.05, 3.63) is 35.2 Å². The molecule has 0 atom stereocenters. The summed E-state index contributed by atoms with van der Waals surface area (Å²) in [6.07, 6.45) is 9.87. The van der Waals surface area contributed by atoms with Gasteiger partial charge in [-0.25, -0.2) is 4.98 Å². The zero-order valence-corrected chi connectivity index (χ0v) is 12.9. The first kappa shape index (κ1) is 14.8. The first-order valence-corrected chi connectivity index (χ1v) is 8.03. The van der Waals surface area contributed by atoms with Gasteiger partial charge in [-0.3, -0.25) is 0 Å². The average molecular weight is 308 g/mol. The molecule has 2 N–H and O–H groups in total. The predicted molar refractivity (Wildman–Crippen MR) is 84.5 cm³/mol. The Balaban J connectivity index is 1.60. The summed E-state index contributed by atoms with van der Waals surface area (Å²) in [7, 11) is 0. The van der Waals surface area contributed by atoms with Gasteiger partial charge >= 0.3 is 0 Å². The van der Waals surface area contributed by atoms with Crippen LogP contribution in [-0.2, 0) is 6.54 Å². The molecule has 0 spiro atoms.